The molecular weight excluding hydrogens is 519 g/mol. The Bertz CT molecular complexity index is 1420. The maximum absolute atomic E-state index is 12.9. The van der Waals surface area contributed by atoms with E-state index in [9.17, 15) is 4.79 Å². The number of halogens is 3. The minimum absolute atomic E-state index is 0.120. The first-order valence-corrected chi connectivity index (χ1v) is 12.5. The third-order valence-corrected chi connectivity index (χ3v) is 6.84. The van der Waals surface area contributed by atoms with Gasteiger partial charge in [0.25, 0.3) is 0 Å². The summed E-state index contributed by atoms with van der Waals surface area (Å²) < 4.78 is 6.30. The number of amides is 1. The van der Waals surface area contributed by atoms with Gasteiger partial charge in [0.15, 0.2) is 0 Å². The van der Waals surface area contributed by atoms with E-state index < -0.39 is 5.60 Å². The topological polar surface area (TPSA) is 79.9 Å². The number of rotatable bonds is 5. The first-order valence-electron chi connectivity index (χ1n) is 11.4. The first kappa shape index (κ1) is 24.6. The molecule has 0 unspecified atom stereocenters. The molecule has 4 aromatic rings. The second-order valence-corrected chi connectivity index (χ2v) is 10.6. The zero-order chi connectivity index (χ0) is 25.4. The van der Waals surface area contributed by atoms with Gasteiger partial charge < -0.3 is 15.0 Å². The van der Waals surface area contributed by atoms with Crippen molar-refractivity contribution < 1.29 is 9.53 Å². The van der Waals surface area contributed by atoms with Gasteiger partial charge in [-0.3, -0.25) is 4.79 Å². The van der Waals surface area contributed by atoms with Gasteiger partial charge in [0.2, 0.25) is 11.8 Å². The van der Waals surface area contributed by atoms with Crippen molar-refractivity contribution in [1.29, 1.82) is 0 Å². The predicted molar refractivity (Wildman–Crippen MR) is 143 cm³/mol. The van der Waals surface area contributed by atoms with Crippen LogP contribution in [0.2, 0.25) is 15.1 Å². The summed E-state index contributed by atoms with van der Waals surface area (Å²) in [5.41, 5.74) is 4.11. The van der Waals surface area contributed by atoms with Crippen molar-refractivity contribution in [3.8, 4) is 28.3 Å². The van der Waals surface area contributed by atoms with Crippen LogP contribution >= 0.6 is 34.8 Å². The fraction of sp³-hybridized carbons (Fsp3) is 0.222. The Morgan fingerprint density at radius 3 is 2.53 bits per heavy atom. The molecule has 2 aromatic carbocycles. The van der Waals surface area contributed by atoms with Crippen molar-refractivity contribution in [2.24, 2.45) is 0 Å². The highest BCUT2D eigenvalue weighted by molar-refractivity contribution is 6.36. The number of hydrogen-bond donors (Lipinski definition) is 2. The van der Waals surface area contributed by atoms with E-state index in [4.69, 9.17) is 44.5 Å². The summed E-state index contributed by atoms with van der Waals surface area (Å²) in [4.78, 5) is 24.8. The third kappa shape index (κ3) is 5.21. The number of fused-ring (bicyclic) bond motifs is 1. The molecule has 9 heteroatoms. The van der Waals surface area contributed by atoms with E-state index in [0.29, 0.717) is 33.1 Å². The summed E-state index contributed by atoms with van der Waals surface area (Å²) in [5.74, 6) is 0.336. The van der Waals surface area contributed by atoms with Crippen LogP contribution in [-0.2, 0) is 11.2 Å². The molecule has 6 nitrogen and oxygen atoms in total. The molecule has 1 amide bonds. The zero-order valence-electron chi connectivity index (χ0n) is 19.6. The molecular formula is C27H23Cl3N4O2. The number of ether oxygens (including phenoxy) is 1. The van der Waals surface area contributed by atoms with Gasteiger partial charge in [-0.25, -0.2) is 9.97 Å². The number of nitrogens with zero attached hydrogens (tertiary/aromatic N) is 2. The molecule has 1 aliphatic heterocycles. The van der Waals surface area contributed by atoms with E-state index in [1.165, 1.54) is 0 Å². The van der Waals surface area contributed by atoms with Crippen LogP contribution in [0.4, 0.5) is 0 Å². The molecule has 3 heterocycles. The van der Waals surface area contributed by atoms with Gasteiger partial charge in [-0.1, -0.05) is 46.9 Å². The summed E-state index contributed by atoms with van der Waals surface area (Å²) in [6.45, 7) is 3.96. The summed E-state index contributed by atoms with van der Waals surface area (Å²) in [6.07, 6.45) is 3.98. The number of H-pyrrole nitrogens is 1. The van der Waals surface area contributed by atoms with Crippen LogP contribution in [0, 0.1) is 0 Å². The van der Waals surface area contributed by atoms with Gasteiger partial charge in [0.1, 0.15) is 5.60 Å². The number of carbonyl (C=O) groups excluding carboxylic acids is 1. The molecule has 0 saturated carbocycles. The Hall–Kier alpha value is -3.06. The Kier molecular flexibility index (Phi) is 6.68. The minimum atomic E-state index is -0.547. The number of aromatic amines is 1. The van der Waals surface area contributed by atoms with Crippen LogP contribution < -0.4 is 10.1 Å². The SMILES string of the molecule is CC1(C)C[C@@H](NC(=O)Cc2cnc[nH]2)c2cc(-c3ccc(Cl)cc3)c(-c3ccc(Cl)cc3Cl)nc2O1. The number of imidazole rings is 1. The number of nitrogens with one attached hydrogen (secondary N) is 2. The molecule has 0 radical (unpaired) electrons. The van der Waals surface area contributed by atoms with Gasteiger partial charge >= 0.3 is 0 Å². The monoisotopic (exact) mass is 540 g/mol. The van der Waals surface area contributed by atoms with Crippen molar-refractivity contribution in [3.63, 3.8) is 0 Å². The number of benzene rings is 2. The first-order chi connectivity index (χ1) is 17.2. The smallest absolute Gasteiger partial charge is 0.226 e. The van der Waals surface area contributed by atoms with Crippen molar-refractivity contribution in [1.82, 2.24) is 20.3 Å². The molecule has 1 atom stereocenters. The molecule has 2 aromatic heterocycles. The summed E-state index contributed by atoms with van der Waals surface area (Å²) in [6, 6.07) is 14.5. The summed E-state index contributed by atoms with van der Waals surface area (Å²) >= 11 is 18.9. The molecule has 0 aliphatic carbocycles. The number of aromatic nitrogens is 3. The van der Waals surface area contributed by atoms with E-state index >= 15 is 0 Å². The molecule has 0 fully saturated rings. The highest BCUT2D eigenvalue weighted by Crippen LogP contribution is 2.44. The second-order valence-electron chi connectivity index (χ2n) is 9.35. The lowest BCUT2D eigenvalue weighted by molar-refractivity contribution is -0.121. The largest absolute Gasteiger partial charge is 0.471 e. The molecule has 0 spiro atoms. The quantitative estimate of drug-likeness (QED) is 0.283. The second kappa shape index (κ2) is 9.77. The summed E-state index contributed by atoms with van der Waals surface area (Å²) in [7, 11) is 0. The number of carbonyl (C=O) groups is 1. The van der Waals surface area contributed by atoms with Crippen LogP contribution in [0.3, 0.4) is 0 Å². The van der Waals surface area contributed by atoms with Crippen LogP contribution in [0.1, 0.15) is 37.6 Å². The maximum atomic E-state index is 12.9. The van der Waals surface area contributed by atoms with Crippen LogP contribution in [-0.4, -0.2) is 26.5 Å². The molecule has 1 aliphatic rings. The van der Waals surface area contributed by atoms with Gasteiger partial charge in [-0.05, 0) is 55.8 Å². The van der Waals surface area contributed by atoms with Crippen molar-refractivity contribution >= 4 is 40.7 Å². The van der Waals surface area contributed by atoms with E-state index in [0.717, 1.165) is 27.9 Å². The number of hydrogen-bond acceptors (Lipinski definition) is 4. The van der Waals surface area contributed by atoms with E-state index in [1.54, 1.807) is 24.7 Å². The Morgan fingerprint density at radius 2 is 1.83 bits per heavy atom. The van der Waals surface area contributed by atoms with Gasteiger partial charge in [0.05, 0.1) is 29.5 Å². The lowest BCUT2D eigenvalue weighted by atomic mass is 9.88. The highest BCUT2D eigenvalue weighted by atomic mass is 35.5. The van der Waals surface area contributed by atoms with Gasteiger partial charge in [-0.15, -0.1) is 0 Å². The molecule has 36 heavy (non-hydrogen) atoms. The highest BCUT2D eigenvalue weighted by Gasteiger charge is 2.37. The van der Waals surface area contributed by atoms with Crippen LogP contribution in [0.15, 0.2) is 61.1 Å². The molecule has 0 saturated heterocycles. The molecule has 0 bridgehead atoms. The maximum Gasteiger partial charge on any atom is 0.226 e. The lowest BCUT2D eigenvalue weighted by Crippen LogP contribution is -2.42. The average Bonchev–Trinajstić information content (AvgIpc) is 3.31. The molecule has 5 rings (SSSR count). The van der Waals surface area contributed by atoms with E-state index in [2.05, 4.69) is 15.3 Å². The van der Waals surface area contributed by atoms with Gasteiger partial charge in [-0.2, -0.15) is 0 Å². The van der Waals surface area contributed by atoms with Crippen molar-refractivity contribution in [2.75, 3.05) is 0 Å². The standard InChI is InChI=1S/C27H23Cl3N4O2/c1-27(2)12-23(33-24(35)10-18-13-31-14-32-18)21-11-20(15-3-5-16(28)6-4-15)25(34-26(21)36-27)19-8-7-17(29)9-22(19)30/h3-9,11,13-14,23H,10,12H2,1-2H3,(H,31,32)(H,33,35)/t23-/m1/s1. The molecule has 184 valence electrons. The Balaban J connectivity index is 1.63. The fourth-order valence-corrected chi connectivity index (χ4v) is 5.04. The van der Waals surface area contributed by atoms with Crippen LogP contribution in [0.5, 0.6) is 5.88 Å². The minimum Gasteiger partial charge on any atom is -0.471 e. The average molecular weight is 542 g/mol. The van der Waals surface area contributed by atoms with Crippen LogP contribution in [0.25, 0.3) is 22.4 Å². The van der Waals surface area contributed by atoms with Crippen molar-refractivity contribution in [2.45, 2.75) is 38.3 Å². The zero-order valence-corrected chi connectivity index (χ0v) is 21.9. The van der Waals surface area contributed by atoms with E-state index in [1.807, 2.05) is 50.2 Å². The van der Waals surface area contributed by atoms with Crippen molar-refractivity contribution in [3.05, 3.63) is 87.4 Å². The third-order valence-electron chi connectivity index (χ3n) is 6.04. The van der Waals surface area contributed by atoms with E-state index in [-0.39, 0.29) is 18.4 Å². The summed E-state index contributed by atoms with van der Waals surface area (Å²) in [5, 5.41) is 4.80. The number of pyridine rings is 1. The molecule has 2 N–H and O–H groups in total. The Labute approximate surface area is 224 Å². The Morgan fingerprint density at radius 1 is 1.08 bits per heavy atom. The fourth-order valence-electron chi connectivity index (χ4n) is 4.41. The lowest BCUT2D eigenvalue weighted by Gasteiger charge is -2.37. The van der Waals surface area contributed by atoms with Gasteiger partial charge in [0, 0.05) is 45.0 Å². The predicted octanol–water partition coefficient (Wildman–Crippen LogP) is 7.06. The normalized spacial score (nSPS) is 16.2.